The number of hydrogen-bond donors (Lipinski definition) is 2. The van der Waals surface area contributed by atoms with E-state index in [4.69, 9.17) is 5.73 Å². The summed E-state index contributed by atoms with van der Waals surface area (Å²) in [6.45, 7) is -0.259. The summed E-state index contributed by atoms with van der Waals surface area (Å²) in [5.41, 5.74) is 5.04. The van der Waals surface area contributed by atoms with E-state index in [1.807, 2.05) is 6.07 Å². The fraction of sp³-hybridized carbons (Fsp3) is 0.250. The molecular weight excluding hydrogens is 381 g/mol. The number of nitrogens with two attached hydrogens (primary N) is 1. The number of carbonyl (C=O) groups excluding carboxylic acids is 1. The third-order valence-electron chi connectivity index (χ3n) is 3.45. The number of amides is 1. The maximum Gasteiger partial charge on any atom is 0.416 e. The monoisotopic (exact) mass is 396 g/mol. The summed E-state index contributed by atoms with van der Waals surface area (Å²) < 4.78 is 38.5. The Kier molecular flexibility index (Phi) is 6.12. The largest absolute Gasteiger partial charge is 0.416 e. The van der Waals surface area contributed by atoms with E-state index in [0.717, 1.165) is 12.1 Å². The van der Waals surface area contributed by atoms with Crippen LogP contribution in [0.2, 0.25) is 0 Å². The highest BCUT2D eigenvalue weighted by molar-refractivity contribution is 7.98. The van der Waals surface area contributed by atoms with E-state index in [1.165, 1.54) is 35.8 Å². The number of rotatable bonds is 5. The molecule has 0 radical (unpaired) electrons. The molecule has 0 saturated heterocycles. The maximum atomic E-state index is 12.8. The first-order valence-corrected chi connectivity index (χ1v) is 8.68. The Morgan fingerprint density at radius 1 is 1.41 bits per heavy atom. The minimum absolute atomic E-state index is 0.0446. The quantitative estimate of drug-likeness (QED) is 0.591. The number of aromatic nitrogens is 2. The van der Waals surface area contributed by atoms with Crippen molar-refractivity contribution in [3.05, 3.63) is 35.4 Å². The number of benzene rings is 1. The lowest BCUT2D eigenvalue weighted by Crippen LogP contribution is -2.31. The Morgan fingerprint density at radius 2 is 2.11 bits per heavy atom. The molecule has 0 atom stereocenters. The fourth-order valence-electron chi connectivity index (χ4n) is 2.19. The van der Waals surface area contributed by atoms with Crippen molar-refractivity contribution in [2.24, 2.45) is 0 Å². The lowest BCUT2D eigenvalue weighted by Gasteiger charge is -2.20. The Labute approximate surface area is 157 Å². The van der Waals surface area contributed by atoms with Crippen LogP contribution in [0.1, 0.15) is 11.1 Å². The molecule has 0 aliphatic rings. The predicted octanol–water partition coefficient (Wildman–Crippen LogP) is 2.75. The van der Waals surface area contributed by atoms with Crippen molar-refractivity contribution in [1.29, 1.82) is 5.26 Å². The van der Waals surface area contributed by atoms with Crippen molar-refractivity contribution >= 4 is 35.1 Å². The number of nitriles is 1. The summed E-state index contributed by atoms with van der Waals surface area (Å²) in [6, 6.07) is 6.51. The SMILES string of the molecule is CSc1nc(N)nc(NC(=O)CN(C)c2cccc(C(F)(F)F)c2)c1C#N. The van der Waals surface area contributed by atoms with Gasteiger partial charge in [0.15, 0.2) is 5.82 Å². The maximum absolute atomic E-state index is 12.8. The number of halogens is 3. The molecule has 27 heavy (non-hydrogen) atoms. The van der Waals surface area contributed by atoms with Crippen LogP contribution in [0.4, 0.5) is 30.6 Å². The predicted molar refractivity (Wildman–Crippen MR) is 96.3 cm³/mol. The Hall–Kier alpha value is -3.00. The molecule has 2 rings (SSSR count). The van der Waals surface area contributed by atoms with Crippen molar-refractivity contribution in [1.82, 2.24) is 9.97 Å². The second-order valence-electron chi connectivity index (χ2n) is 5.38. The average molecular weight is 396 g/mol. The fourth-order valence-corrected chi connectivity index (χ4v) is 2.72. The Bertz CT molecular complexity index is 897. The van der Waals surface area contributed by atoms with Crippen molar-refractivity contribution in [3.8, 4) is 6.07 Å². The summed E-state index contributed by atoms with van der Waals surface area (Å²) in [5, 5.41) is 12.0. The molecule has 142 valence electrons. The second-order valence-corrected chi connectivity index (χ2v) is 6.17. The van der Waals surface area contributed by atoms with Gasteiger partial charge in [-0.25, -0.2) is 4.98 Å². The number of carbonyl (C=O) groups is 1. The molecule has 3 N–H and O–H groups in total. The normalized spacial score (nSPS) is 11.0. The van der Waals surface area contributed by atoms with Gasteiger partial charge < -0.3 is 16.0 Å². The number of nitrogen functional groups attached to an aromatic ring is 1. The molecular formula is C16H15F3N6OS. The van der Waals surface area contributed by atoms with Gasteiger partial charge in [-0.3, -0.25) is 4.79 Å². The number of likely N-dealkylation sites (N-methyl/N-ethyl adjacent to an activating group) is 1. The van der Waals surface area contributed by atoms with Gasteiger partial charge in [-0.1, -0.05) is 6.07 Å². The topological polar surface area (TPSA) is 108 Å². The van der Waals surface area contributed by atoms with E-state index in [-0.39, 0.29) is 29.6 Å². The van der Waals surface area contributed by atoms with Crippen molar-refractivity contribution in [2.45, 2.75) is 11.2 Å². The summed E-state index contributed by atoms with van der Waals surface area (Å²) in [5.74, 6) is -0.728. The summed E-state index contributed by atoms with van der Waals surface area (Å²) >= 11 is 1.17. The van der Waals surface area contributed by atoms with Gasteiger partial charge in [-0.2, -0.15) is 23.4 Å². The number of hydrogen-bond acceptors (Lipinski definition) is 7. The molecule has 0 spiro atoms. The first kappa shape index (κ1) is 20.3. The van der Waals surface area contributed by atoms with Crippen molar-refractivity contribution in [3.63, 3.8) is 0 Å². The summed E-state index contributed by atoms with van der Waals surface area (Å²) in [4.78, 5) is 21.4. The third-order valence-corrected chi connectivity index (χ3v) is 4.13. The zero-order valence-corrected chi connectivity index (χ0v) is 15.1. The highest BCUT2D eigenvalue weighted by atomic mass is 32.2. The Morgan fingerprint density at radius 3 is 2.70 bits per heavy atom. The van der Waals surface area contributed by atoms with Gasteiger partial charge in [0, 0.05) is 12.7 Å². The van der Waals surface area contributed by atoms with E-state index in [0.29, 0.717) is 5.03 Å². The molecule has 1 aromatic carbocycles. The van der Waals surface area contributed by atoms with Gasteiger partial charge in [0.05, 0.1) is 12.1 Å². The van der Waals surface area contributed by atoms with Gasteiger partial charge >= 0.3 is 6.18 Å². The van der Waals surface area contributed by atoms with Gasteiger partial charge in [0.1, 0.15) is 16.7 Å². The van der Waals surface area contributed by atoms with Gasteiger partial charge in [0.2, 0.25) is 11.9 Å². The molecule has 0 aliphatic heterocycles. The Balaban J connectivity index is 2.17. The molecule has 1 aromatic heterocycles. The van der Waals surface area contributed by atoms with Crippen LogP contribution in [0.3, 0.4) is 0 Å². The molecule has 0 saturated carbocycles. The van der Waals surface area contributed by atoms with Crippen LogP contribution < -0.4 is 16.0 Å². The molecule has 0 aliphatic carbocycles. The third kappa shape index (κ3) is 5.01. The molecule has 0 fully saturated rings. The highest BCUT2D eigenvalue weighted by Gasteiger charge is 2.30. The summed E-state index contributed by atoms with van der Waals surface area (Å²) in [7, 11) is 1.47. The van der Waals surface area contributed by atoms with E-state index >= 15 is 0 Å². The molecule has 7 nitrogen and oxygen atoms in total. The molecule has 1 amide bonds. The van der Waals surface area contributed by atoms with E-state index in [1.54, 1.807) is 6.26 Å². The number of alkyl halides is 3. The molecule has 0 unspecified atom stereocenters. The molecule has 1 heterocycles. The number of nitrogens with zero attached hydrogens (tertiary/aromatic N) is 4. The second kappa shape index (κ2) is 8.13. The van der Waals surface area contributed by atoms with Crippen LogP contribution in [0.15, 0.2) is 29.3 Å². The zero-order valence-electron chi connectivity index (χ0n) is 14.3. The van der Waals surface area contributed by atoms with Crippen LogP contribution in [0, 0.1) is 11.3 Å². The number of anilines is 3. The van der Waals surface area contributed by atoms with Crippen molar-refractivity contribution in [2.75, 3.05) is 35.8 Å². The first-order chi connectivity index (χ1) is 12.7. The summed E-state index contributed by atoms with van der Waals surface area (Å²) in [6.07, 6.45) is -2.79. The zero-order chi connectivity index (χ0) is 20.2. The minimum atomic E-state index is -4.48. The smallest absolute Gasteiger partial charge is 0.368 e. The van der Waals surface area contributed by atoms with E-state index in [9.17, 15) is 23.2 Å². The van der Waals surface area contributed by atoms with Gasteiger partial charge in [-0.15, -0.1) is 11.8 Å². The van der Waals surface area contributed by atoms with Crippen LogP contribution in [-0.4, -0.2) is 35.7 Å². The lowest BCUT2D eigenvalue weighted by atomic mass is 10.2. The minimum Gasteiger partial charge on any atom is -0.368 e. The van der Waals surface area contributed by atoms with Crippen LogP contribution in [0.5, 0.6) is 0 Å². The molecule has 11 heteroatoms. The average Bonchev–Trinajstić information content (AvgIpc) is 2.60. The van der Waals surface area contributed by atoms with E-state index < -0.39 is 17.6 Å². The number of nitrogens with one attached hydrogen (secondary N) is 1. The molecule has 2 aromatic rings. The van der Waals surface area contributed by atoms with Crippen LogP contribution >= 0.6 is 11.8 Å². The van der Waals surface area contributed by atoms with E-state index in [2.05, 4.69) is 15.3 Å². The standard InChI is InChI=1S/C16H15F3N6OS/c1-25(10-5-3-4-9(6-10)16(17,18)19)8-12(26)22-13-11(7-20)14(27-2)24-15(21)23-13/h3-6H,8H2,1-2H3,(H3,21,22,23,24,26). The van der Waals surface area contributed by atoms with Crippen LogP contribution in [-0.2, 0) is 11.0 Å². The first-order valence-electron chi connectivity index (χ1n) is 7.45. The molecule has 0 bridgehead atoms. The highest BCUT2D eigenvalue weighted by Crippen LogP contribution is 2.31. The van der Waals surface area contributed by atoms with Gasteiger partial charge in [0.25, 0.3) is 0 Å². The number of thioether (sulfide) groups is 1. The van der Waals surface area contributed by atoms with Crippen molar-refractivity contribution < 1.29 is 18.0 Å². The van der Waals surface area contributed by atoms with Crippen LogP contribution in [0.25, 0.3) is 0 Å². The van der Waals surface area contributed by atoms with Gasteiger partial charge in [-0.05, 0) is 24.5 Å². The lowest BCUT2D eigenvalue weighted by molar-refractivity contribution is -0.137.